The van der Waals surface area contributed by atoms with Crippen LogP contribution in [-0.2, 0) is 9.47 Å². The van der Waals surface area contributed by atoms with Gasteiger partial charge in [-0.15, -0.1) is 0 Å². The minimum Gasteiger partial charge on any atom is -0.504 e. The van der Waals surface area contributed by atoms with Gasteiger partial charge in [-0.3, -0.25) is 4.79 Å². The maximum Gasteiger partial charge on any atom is 0.239 e. The summed E-state index contributed by atoms with van der Waals surface area (Å²) in [5.74, 6) is -3.70. The van der Waals surface area contributed by atoms with E-state index < -0.39 is 107 Å². The Morgan fingerprint density at radius 1 is 0.705 bits per heavy atom. The summed E-state index contributed by atoms with van der Waals surface area (Å²) in [6.07, 6.45) is -15.1. The van der Waals surface area contributed by atoms with Gasteiger partial charge in [0.1, 0.15) is 47.6 Å². The lowest BCUT2D eigenvalue weighted by Crippen LogP contribution is -2.58. The zero-order valence-corrected chi connectivity index (χ0v) is 23.5. The van der Waals surface area contributed by atoms with Crippen molar-refractivity contribution in [2.45, 2.75) is 75.3 Å². The van der Waals surface area contributed by atoms with E-state index in [1.165, 1.54) is 19.9 Å². The minimum absolute atomic E-state index is 0.0250. The van der Waals surface area contributed by atoms with Gasteiger partial charge in [-0.2, -0.15) is 0 Å². The van der Waals surface area contributed by atoms with E-state index in [2.05, 4.69) is 0 Å². The number of hydrogen-bond acceptors (Lipinski definition) is 16. The van der Waals surface area contributed by atoms with E-state index in [-0.39, 0.29) is 16.9 Å². The third-order valence-electron chi connectivity index (χ3n) is 7.57. The number of benzene rings is 2. The summed E-state index contributed by atoms with van der Waals surface area (Å²) in [4.78, 5) is 13.9. The predicted octanol–water partition coefficient (Wildman–Crippen LogP) is -1.00. The second-order valence-electron chi connectivity index (χ2n) is 10.5. The number of aliphatic hydroxyl groups is 6. The molecule has 0 radical (unpaired) electrons. The first kappa shape index (κ1) is 31.6. The molecule has 16 heteroatoms. The number of hydrogen-bond donors (Lipinski definition) is 9. The number of phenols is 3. The molecule has 1 aromatic heterocycles. The van der Waals surface area contributed by atoms with E-state index in [0.717, 1.165) is 25.3 Å². The van der Waals surface area contributed by atoms with Gasteiger partial charge in [0.2, 0.25) is 29.5 Å². The molecule has 16 nitrogen and oxygen atoms in total. The molecule has 10 atom stereocenters. The van der Waals surface area contributed by atoms with E-state index >= 15 is 0 Å². The molecule has 0 spiro atoms. The fraction of sp³-hybridized carbons (Fsp3) is 0.464. The Morgan fingerprint density at radius 2 is 1.27 bits per heavy atom. The van der Waals surface area contributed by atoms with Crippen LogP contribution in [0.5, 0.6) is 34.5 Å². The van der Waals surface area contributed by atoms with Crippen LogP contribution in [0.15, 0.2) is 33.5 Å². The highest BCUT2D eigenvalue weighted by atomic mass is 16.7. The van der Waals surface area contributed by atoms with Crippen molar-refractivity contribution in [3.8, 4) is 45.8 Å². The molecule has 4 unspecified atom stereocenters. The van der Waals surface area contributed by atoms with Crippen LogP contribution in [0, 0.1) is 0 Å². The number of rotatable bonds is 6. The lowest BCUT2D eigenvalue weighted by molar-refractivity contribution is -0.268. The molecule has 2 saturated heterocycles. The minimum atomic E-state index is -1.84. The number of phenolic OH excluding ortho intramolecular Hbond substituents is 3. The van der Waals surface area contributed by atoms with E-state index in [4.69, 9.17) is 28.1 Å². The predicted molar refractivity (Wildman–Crippen MR) is 145 cm³/mol. The first-order valence-electron chi connectivity index (χ1n) is 13.4. The molecule has 0 aliphatic carbocycles. The molecule has 0 saturated carbocycles. The van der Waals surface area contributed by atoms with Crippen molar-refractivity contribution in [1.29, 1.82) is 0 Å². The maximum atomic E-state index is 13.9. The molecule has 2 aromatic carbocycles. The molecule has 44 heavy (non-hydrogen) atoms. The van der Waals surface area contributed by atoms with Gasteiger partial charge in [0.05, 0.1) is 19.3 Å². The third kappa shape index (κ3) is 5.35. The lowest BCUT2D eigenvalue weighted by atomic mass is 10.00. The molecule has 2 aliphatic rings. The molecule has 2 aliphatic heterocycles. The quantitative estimate of drug-likeness (QED) is 0.149. The summed E-state index contributed by atoms with van der Waals surface area (Å²) >= 11 is 0. The van der Waals surface area contributed by atoms with Gasteiger partial charge in [-0.25, -0.2) is 0 Å². The number of ether oxygens (including phenoxy) is 5. The number of methoxy groups -OCH3 is 1. The van der Waals surface area contributed by atoms with Crippen molar-refractivity contribution in [3.63, 3.8) is 0 Å². The van der Waals surface area contributed by atoms with Crippen molar-refractivity contribution in [2.24, 2.45) is 0 Å². The Morgan fingerprint density at radius 3 is 1.82 bits per heavy atom. The van der Waals surface area contributed by atoms with Crippen LogP contribution in [0.25, 0.3) is 22.3 Å². The summed E-state index contributed by atoms with van der Waals surface area (Å²) in [6.45, 7) is 2.82. The Labute approximate surface area is 248 Å². The number of fused-ring (bicyclic) bond motifs is 1. The van der Waals surface area contributed by atoms with Gasteiger partial charge >= 0.3 is 0 Å². The molecule has 3 aromatic rings. The van der Waals surface area contributed by atoms with Crippen LogP contribution in [-0.4, -0.2) is 114 Å². The molecule has 3 heterocycles. The van der Waals surface area contributed by atoms with Crippen molar-refractivity contribution in [1.82, 2.24) is 0 Å². The van der Waals surface area contributed by atoms with Gasteiger partial charge in [-0.05, 0) is 32.0 Å². The summed E-state index contributed by atoms with van der Waals surface area (Å²) in [6, 6.07) is 4.49. The topological polar surface area (TPSA) is 258 Å². The van der Waals surface area contributed by atoms with Crippen LogP contribution in [0.3, 0.4) is 0 Å². The van der Waals surface area contributed by atoms with Crippen LogP contribution >= 0.6 is 0 Å². The summed E-state index contributed by atoms with van der Waals surface area (Å²) in [5, 5.41) is 92.0. The van der Waals surface area contributed by atoms with Crippen LogP contribution in [0.1, 0.15) is 13.8 Å². The molecule has 5 rings (SSSR count). The summed E-state index contributed by atoms with van der Waals surface area (Å²) in [7, 11) is 1.14. The maximum absolute atomic E-state index is 13.9. The SMILES string of the molecule is COc1c(O[C@@H]2OC(C)[C@H](O)[C@H](O)C2O)cc2oc(-c3ccc(O)c(O)c3)c(O[C@@H]3OC(C)[C@H](O)C(O)[C@@H]3O)c(=O)c2c1O. The Kier molecular flexibility index (Phi) is 8.54. The van der Waals surface area contributed by atoms with Gasteiger partial charge in [-0.1, -0.05) is 0 Å². The first-order chi connectivity index (χ1) is 20.7. The molecule has 9 N–H and O–H groups in total. The monoisotopic (exact) mass is 624 g/mol. The van der Waals surface area contributed by atoms with Crippen LogP contribution < -0.4 is 19.6 Å². The molecular formula is C28H32O16. The highest BCUT2D eigenvalue weighted by molar-refractivity contribution is 5.91. The average Bonchev–Trinajstić information content (AvgIpc) is 2.98. The Bertz CT molecular complexity index is 1590. The summed E-state index contributed by atoms with van der Waals surface area (Å²) < 4.78 is 33.5. The number of aromatic hydroxyl groups is 3. The van der Waals surface area contributed by atoms with Crippen LogP contribution in [0.2, 0.25) is 0 Å². The van der Waals surface area contributed by atoms with E-state index in [1.54, 1.807) is 0 Å². The molecule has 2 fully saturated rings. The molecule has 0 bridgehead atoms. The smallest absolute Gasteiger partial charge is 0.239 e. The third-order valence-corrected chi connectivity index (χ3v) is 7.57. The number of aliphatic hydroxyl groups excluding tert-OH is 6. The van der Waals surface area contributed by atoms with Crippen molar-refractivity contribution in [3.05, 3.63) is 34.5 Å². The fourth-order valence-corrected chi connectivity index (χ4v) is 4.99. The zero-order valence-electron chi connectivity index (χ0n) is 23.5. The van der Waals surface area contributed by atoms with Crippen LogP contribution in [0.4, 0.5) is 0 Å². The zero-order chi connectivity index (χ0) is 32.2. The Balaban J connectivity index is 1.67. The van der Waals surface area contributed by atoms with Gasteiger partial charge in [0, 0.05) is 11.6 Å². The van der Waals surface area contributed by atoms with E-state index in [9.17, 15) is 50.8 Å². The molecule has 240 valence electrons. The molecular weight excluding hydrogens is 592 g/mol. The standard InChI is InChI=1S/C28H32O16/c1-8-16(31)20(35)22(37)27(40-8)43-14-7-13-15(18(33)25(14)39-3)19(34)26(24(42-13)10-4-5-11(29)12(30)6-10)44-28-23(38)21(36)17(32)9(2)41-28/h4-9,16-17,20-23,27-33,35-38H,1-3H3/t8?,9?,16-,17-,20-,21?,22?,23-,27-,28-/m0/s1. The second kappa shape index (κ2) is 11.9. The molecule has 0 amide bonds. The average molecular weight is 625 g/mol. The normalized spacial score (nSPS) is 32.4. The van der Waals surface area contributed by atoms with Crippen molar-refractivity contribution >= 4 is 11.0 Å². The van der Waals surface area contributed by atoms with E-state index in [1.807, 2.05) is 0 Å². The van der Waals surface area contributed by atoms with E-state index in [0.29, 0.717) is 0 Å². The van der Waals surface area contributed by atoms with Gasteiger partial charge in [0.15, 0.2) is 28.8 Å². The highest BCUT2D eigenvalue weighted by Gasteiger charge is 2.45. The first-order valence-corrected chi connectivity index (χ1v) is 13.4. The van der Waals surface area contributed by atoms with Crippen molar-refractivity contribution in [2.75, 3.05) is 7.11 Å². The van der Waals surface area contributed by atoms with Gasteiger partial charge < -0.3 is 74.1 Å². The second-order valence-corrected chi connectivity index (χ2v) is 10.5. The van der Waals surface area contributed by atoms with Crippen molar-refractivity contribution < 1.29 is 74.1 Å². The summed E-state index contributed by atoms with van der Waals surface area (Å²) in [5.41, 5.74) is -1.41. The largest absolute Gasteiger partial charge is 0.504 e. The Hall–Kier alpha value is -3.87. The lowest BCUT2D eigenvalue weighted by Gasteiger charge is -2.39. The fourth-order valence-electron chi connectivity index (χ4n) is 4.99. The van der Waals surface area contributed by atoms with Gasteiger partial charge in [0.25, 0.3) is 0 Å². The highest BCUT2D eigenvalue weighted by Crippen LogP contribution is 2.45.